The van der Waals surface area contributed by atoms with Crippen LogP contribution in [0.5, 0.6) is 5.75 Å². The molecule has 0 saturated carbocycles. The number of hydrogen-bond donors (Lipinski definition) is 1. The maximum atomic E-state index is 13.3. The smallest absolute Gasteiger partial charge is 0.130 e. The van der Waals surface area contributed by atoms with Crippen LogP contribution in [-0.4, -0.2) is 16.9 Å². The first kappa shape index (κ1) is 12.1. The van der Waals surface area contributed by atoms with Crippen LogP contribution in [0.2, 0.25) is 0 Å². The Kier molecular flexibility index (Phi) is 3.94. The van der Waals surface area contributed by atoms with Crippen molar-refractivity contribution in [3.63, 3.8) is 0 Å². The Labute approximate surface area is 103 Å². The lowest BCUT2D eigenvalue weighted by atomic mass is 10.2. The van der Waals surface area contributed by atoms with Gasteiger partial charge < -0.3 is 14.4 Å². The number of aliphatic hydroxyl groups is 1. The molecule has 0 aliphatic rings. The molecule has 4 nitrogen and oxygen atoms in total. The predicted octanol–water partition coefficient (Wildman–Crippen LogP) is 1.74. The molecule has 1 N–H and O–H groups in total. The molecule has 0 saturated heterocycles. The van der Waals surface area contributed by atoms with E-state index in [9.17, 15) is 4.39 Å². The highest BCUT2D eigenvalue weighted by Crippen LogP contribution is 2.17. The van der Waals surface area contributed by atoms with Gasteiger partial charge in [0, 0.05) is 17.2 Å². The average Bonchev–Trinajstić information content (AvgIpc) is 2.86. The van der Waals surface area contributed by atoms with Crippen molar-refractivity contribution in [2.75, 3.05) is 6.61 Å². The topological polar surface area (TPSA) is 55.5 Å². The molecule has 0 bridgehead atoms. The third-order valence-electron chi connectivity index (χ3n) is 2.07. The van der Waals surface area contributed by atoms with Crippen LogP contribution in [0.4, 0.5) is 4.39 Å². The van der Waals surface area contributed by atoms with Gasteiger partial charge in [0.25, 0.3) is 0 Å². The standard InChI is InChI=1S/C13H10FNO3/c14-12-4-10(2-1-3-16)5-13(6-12)17-8-11-7-15-18-9-11/h4-7,9,16H,3,8H2. The first-order valence-electron chi connectivity index (χ1n) is 5.19. The van der Waals surface area contributed by atoms with Crippen molar-refractivity contribution in [3.05, 3.63) is 47.6 Å². The van der Waals surface area contributed by atoms with E-state index in [1.54, 1.807) is 6.07 Å². The molecule has 0 spiro atoms. The normalized spacial score (nSPS) is 9.67. The Morgan fingerprint density at radius 2 is 2.28 bits per heavy atom. The second kappa shape index (κ2) is 5.84. The molecule has 18 heavy (non-hydrogen) atoms. The number of rotatable bonds is 3. The van der Waals surface area contributed by atoms with Gasteiger partial charge in [-0.25, -0.2) is 4.39 Å². The molecular formula is C13H10FNO3. The predicted molar refractivity (Wildman–Crippen MR) is 61.2 cm³/mol. The Balaban J connectivity index is 2.10. The SMILES string of the molecule is OCC#Cc1cc(F)cc(OCc2cnoc2)c1. The monoisotopic (exact) mass is 247 g/mol. The first-order chi connectivity index (χ1) is 8.78. The van der Waals surface area contributed by atoms with E-state index < -0.39 is 5.82 Å². The third-order valence-corrected chi connectivity index (χ3v) is 2.07. The maximum Gasteiger partial charge on any atom is 0.130 e. The van der Waals surface area contributed by atoms with E-state index >= 15 is 0 Å². The van der Waals surface area contributed by atoms with E-state index in [1.165, 1.54) is 24.6 Å². The Hall–Kier alpha value is -2.32. The molecule has 92 valence electrons. The zero-order chi connectivity index (χ0) is 12.8. The number of aromatic nitrogens is 1. The minimum absolute atomic E-state index is 0.236. The first-order valence-corrected chi connectivity index (χ1v) is 5.19. The van der Waals surface area contributed by atoms with Crippen LogP contribution >= 0.6 is 0 Å². The molecule has 0 aliphatic carbocycles. The van der Waals surface area contributed by atoms with E-state index in [0.29, 0.717) is 11.3 Å². The van der Waals surface area contributed by atoms with Gasteiger partial charge in [0.2, 0.25) is 0 Å². The van der Waals surface area contributed by atoms with Crippen LogP contribution in [-0.2, 0) is 6.61 Å². The highest BCUT2D eigenvalue weighted by molar-refractivity contribution is 5.40. The molecule has 5 heteroatoms. The van der Waals surface area contributed by atoms with Crippen LogP contribution in [0.3, 0.4) is 0 Å². The number of aliphatic hydroxyl groups excluding tert-OH is 1. The van der Waals surface area contributed by atoms with Crippen molar-refractivity contribution in [2.45, 2.75) is 6.61 Å². The second-order valence-electron chi connectivity index (χ2n) is 3.46. The average molecular weight is 247 g/mol. The van der Waals surface area contributed by atoms with Gasteiger partial charge in [-0.2, -0.15) is 0 Å². The van der Waals surface area contributed by atoms with Gasteiger partial charge in [-0.15, -0.1) is 0 Å². The van der Waals surface area contributed by atoms with Crippen LogP contribution in [0.15, 0.2) is 35.2 Å². The van der Waals surface area contributed by atoms with E-state index in [2.05, 4.69) is 21.5 Å². The van der Waals surface area contributed by atoms with Gasteiger partial charge in [0.15, 0.2) is 0 Å². The molecule has 1 aromatic carbocycles. The van der Waals surface area contributed by atoms with Crippen molar-refractivity contribution >= 4 is 0 Å². The van der Waals surface area contributed by atoms with Gasteiger partial charge >= 0.3 is 0 Å². The molecule has 0 radical (unpaired) electrons. The summed E-state index contributed by atoms with van der Waals surface area (Å²) in [6.07, 6.45) is 2.97. The maximum absolute atomic E-state index is 13.3. The summed E-state index contributed by atoms with van der Waals surface area (Å²) in [5.74, 6) is 4.98. The Bertz CT molecular complexity index is 570. The second-order valence-corrected chi connectivity index (χ2v) is 3.46. The summed E-state index contributed by atoms with van der Waals surface area (Å²) in [4.78, 5) is 0. The summed E-state index contributed by atoms with van der Waals surface area (Å²) in [7, 11) is 0. The highest BCUT2D eigenvalue weighted by Gasteiger charge is 2.02. The van der Waals surface area contributed by atoms with Crippen molar-refractivity contribution in [1.29, 1.82) is 0 Å². The fraction of sp³-hybridized carbons (Fsp3) is 0.154. The summed E-state index contributed by atoms with van der Waals surface area (Å²) >= 11 is 0. The number of benzene rings is 1. The zero-order valence-electron chi connectivity index (χ0n) is 9.39. The van der Waals surface area contributed by atoms with Gasteiger partial charge in [-0.05, 0) is 12.1 Å². The molecule has 0 aliphatic heterocycles. The van der Waals surface area contributed by atoms with E-state index in [1.807, 2.05) is 0 Å². The van der Waals surface area contributed by atoms with Gasteiger partial charge in [0.1, 0.15) is 31.0 Å². The summed E-state index contributed by atoms with van der Waals surface area (Å²) < 4.78 is 23.3. The van der Waals surface area contributed by atoms with Crippen LogP contribution in [0.1, 0.15) is 11.1 Å². The number of nitrogens with zero attached hydrogens (tertiary/aromatic N) is 1. The number of hydrogen-bond acceptors (Lipinski definition) is 4. The minimum atomic E-state index is -0.444. The largest absolute Gasteiger partial charge is 0.489 e. The Morgan fingerprint density at radius 1 is 1.39 bits per heavy atom. The summed E-state index contributed by atoms with van der Waals surface area (Å²) in [5, 5.41) is 12.1. The summed E-state index contributed by atoms with van der Waals surface area (Å²) in [6, 6.07) is 4.13. The van der Waals surface area contributed by atoms with Crippen molar-refractivity contribution in [3.8, 4) is 17.6 Å². The van der Waals surface area contributed by atoms with Gasteiger partial charge in [-0.1, -0.05) is 17.0 Å². The van der Waals surface area contributed by atoms with Crippen LogP contribution in [0.25, 0.3) is 0 Å². The molecule has 1 aromatic heterocycles. The van der Waals surface area contributed by atoms with Crippen LogP contribution < -0.4 is 4.74 Å². The highest BCUT2D eigenvalue weighted by atomic mass is 19.1. The molecule has 0 fully saturated rings. The molecule has 0 atom stereocenters. The fourth-order valence-corrected chi connectivity index (χ4v) is 1.32. The molecule has 0 amide bonds. The lowest BCUT2D eigenvalue weighted by Gasteiger charge is -2.04. The lowest BCUT2D eigenvalue weighted by Crippen LogP contribution is -1.95. The van der Waals surface area contributed by atoms with Crippen molar-refractivity contribution in [2.24, 2.45) is 0 Å². The molecule has 2 rings (SSSR count). The summed E-state index contributed by atoms with van der Waals surface area (Å²) in [6.45, 7) is -0.0345. The van der Waals surface area contributed by atoms with Gasteiger partial charge in [0.05, 0.1) is 6.20 Å². The van der Waals surface area contributed by atoms with Crippen molar-refractivity contribution < 1.29 is 18.8 Å². The molecular weight excluding hydrogens is 237 g/mol. The zero-order valence-corrected chi connectivity index (χ0v) is 9.39. The summed E-state index contributed by atoms with van der Waals surface area (Å²) in [5.41, 5.74) is 1.20. The minimum Gasteiger partial charge on any atom is -0.489 e. The quantitative estimate of drug-likeness (QED) is 0.839. The van der Waals surface area contributed by atoms with E-state index in [4.69, 9.17) is 9.84 Å². The third kappa shape index (κ3) is 3.34. The van der Waals surface area contributed by atoms with Gasteiger partial charge in [-0.3, -0.25) is 0 Å². The lowest BCUT2D eigenvalue weighted by molar-refractivity contribution is 0.302. The fourth-order valence-electron chi connectivity index (χ4n) is 1.32. The molecule has 1 heterocycles. The molecule has 2 aromatic rings. The van der Waals surface area contributed by atoms with Crippen molar-refractivity contribution in [1.82, 2.24) is 5.16 Å². The van der Waals surface area contributed by atoms with Crippen LogP contribution in [0, 0.1) is 17.7 Å². The number of halogens is 1. The molecule has 0 unspecified atom stereocenters. The van der Waals surface area contributed by atoms with E-state index in [0.717, 1.165) is 5.56 Å². The Morgan fingerprint density at radius 3 is 3.00 bits per heavy atom. The van der Waals surface area contributed by atoms with E-state index in [-0.39, 0.29) is 13.2 Å². The number of ether oxygens (including phenoxy) is 1.